The first-order chi connectivity index (χ1) is 14.2. The average molecular weight is 426 g/mol. The molecule has 0 saturated carbocycles. The van der Waals surface area contributed by atoms with Crippen molar-refractivity contribution in [3.8, 4) is 0 Å². The summed E-state index contributed by atoms with van der Waals surface area (Å²) in [6.45, 7) is 8.85. The van der Waals surface area contributed by atoms with Crippen molar-refractivity contribution in [1.82, 2.24) is 24.8 Å². The number of rotatable bonds is 5. The standard InChI is InChI=1S/C20H35N5O5/c1-14(2)30-20(28)23(5)11-18-15(3)9-25(16(4)12-26)19(27)7-6-8-24-10-17(13-29-18)21-22-24/h10,14-16,18,26H,6-9,11-13H2,1-5H3/t15-,16-,18-/m1/s1. The van der Waals surface area contributed by atoms with Crippen LogP contribution in [0.2, 0.25) is 0 Å². The van der Waals surface area contributed by atoms with Crippen LogP contribution in [0.5, 0.6) is 0 Å². The van der Waals surface area contributed by atoms with Gasteiger partial charge in [0.1, 0.15) is 5.69 Å². The van der Waals surface area contributed by atoms with E-state index in [1.807, 2.05) is 20.0 Å². The van der Waals surface area contributed by atoms with Crippen molar-refractivity contribution in [3.63, 3.8) is 0 Å². The number of aromatic nitrogens is 3. The monoisotopic (exact) mass is 425 g/mol. The van der Waals surface area contributed by atoms with Crippen LogP contribution in [0.15, 0.2) is 6.20 Å². The Bertz CT molecular complexity index is 695. The second kappa shape index (κ2) is 11.3. The van der Waals surface area contributed by atoms with E-state index in [0.717, 1.165) is 0 Å². The lowest BCUT2D eigenvalue weighted by Crippen LogP contribution is -2.47. The van der Waals surface area contributed by atoms with Gasteiger partial charge in [-0.1, -0.05) is 12.1 Å². The third-order valence-electron chi connectivity index (χ3n) is 5.15. The van der Waals surface area contributed by atoms with E-state index < -0.39 is 6.09 Å². The number of hydrogen-bond acceptors (Lipinski definition) is 7. The maximum absolute atomic E-state index is 12.8. The van der Waals surface area contributed by atoms with E-state index in [4.69, 9.17) is 9.47 Å². The van der Waals surface area contributed by atoms with Gasteiger partial charge in [0.25, 0.3) is 0 Å². The van der Waals surface area contributed by atoms with E-state index in [0.29, 0.717) is 38.2 Å². The molecule has 0 fully saturated rings. The molecule has 0 saturated heterocycles. The Hall–Kier alpha value is -2.20. The molecule has 2 amide bonds. The number of aryl methyl sites for hydroxylation is 1. The summed E-state index contributed by atoms with van der Waals surface area (Å²) in [6, 6.07) is -0.299. The lowest BCUT2D eigenvalue weighted by molar-refractivity contribution is -0.136. The highest BCUT2D eigenvalue weighted by molar-refractivity contribution is 5.76. The number of aliphatic hydroxyl groups excluding tert-OH is 1. The van der Waals surface area contributed by atoms with Gasteiger partial charge in [0.15, 0.2) is 0 Å². The van der Waals surface area contributed by atoms with Crippen LogP contribution in [-0.4, -0.2) is 86.9 Å². The molecule has 0 aliphatic carbocycles. The fraction of sp³-hybridized carbons (Fsp3) is 0.800. The second-order valence-corrected chi connectivity index (χ2v) is 8.29. The average Bonchev–Trinajstić information content (AvgIpc) is 3.14. The molecule has 10 nitrogen and oxygen atoms in total. The first-order valence-electron chi connectivity index (χ1n) is 10.5. The van der Waals surface area contributed by atoms with E-state index in [9.17, 15) is 14.7 Å². The Labute approximate surface area is 178 Å². The Kier molecular flexibility index (Phi) is 9.04. The molecule has 2 rings (SSSR count). The number of amides is 2. The highest BCUT2D eigenvalue weighted by Crippen LogP contribution is 2.18. The summed E-state index contributed by atoms with van der Waals surface area (Å²) in [5.41, 5.74) is 0.700. The van der Waals surface area contributed by atoms with E-state index >= 15 is 0 Å². The topological polar surface area (TPSA) is 110 Å². The molecule has 2 heterocycles. The minimum Gasteiger partial charge on any atom is -0.447 e. The number of carbonyl (C=O) groups excluding carboxylic acids is 2. The molecule has 1 aliphatic rings. The van der Waals surface area contributed by atoms with Crippen molar-refractivity contribution in [1.29, 1.82) is 0 Å². The van der Waals surface area contributed by atoms with Gasteiger partial charge in [-0.2, -0.15) is 0 Å². The van der Waals surface area contributed by atoms with Gasteiger partial charge < -0.3 is 24.4 Å². The third kappa shape index (κ3) is 6.94. The van der Waals surface area contributed by atoms with Gasteiger partial charge in [0.05, 0.1) is 44.2 Å². The van der Waals surface area contributed by atoms with Crippen LogP contribution >= 0.6 is 0 Å². The third-order valence-corrected chi connectivity index (χ3v) is 5.15. The molecule has 0 aromatic carbocycles. The van der Waals surface area contributed by atoms with E-state index in [1.54, 1.807) is 30.5 Å². The first kappa shape index (κ1) is 24.1. The highest BCUT2D eigenvalue weighted by atomic mass is 16.6. The molecular weight excluding hydrogens is 390 g/mol. The zero-order valence-corrected chi connectivity index (χ0v) is 18.7. The summed E-state index contributed by atoms with van der Waals surface area (Å²) in [5.74, 6) is -0.109. The lowest BCUT2D eigenvalue weighted by atomic mass is 10.0. The molecule has 3 atom stereocenters. The molecule has 0 unspecified atom stereocenters. The zero-order chi connectivity index (χ0) is 22.3. The van der Waals surface area contributed by atoms with Crippen molar-refractivity contribution >= 4 is 12.0 Å². The van der Waals surface area contributed by atoms with E-state index in [1.165, 1.54) is 4.90 Å². The number of fused-ring (bicyclic) bond motifs is 2. The Morgan fingerprint density at radius 3 is 2.83 bits per heavy atom. The van der Waals surface area contributed by atoms with Crippen molar-refractivity contribution in [2.75, 3.05) is 26.7 Å². The number of carbonyl (C=O) groups is 2. The highest BCUT2D eigenvalue weighted by Gasteiger charge is 2.29. The van der Waals surface area contributed by atoms with Gasteiger partial charge >= 0.3 is 6.09 Å². The summed E-state index contributed by atoms with van der Waals surface area (Å²) >= 11 is 0. The molecule has 0 radical (unpaired) electrons. The van der Waals surface area contributed by atoms with Crippen LogP contribution in [0.1, 0.15) is 46.2 Å². The van der Waals surface area contributed by atoms with Gasteiger partial charge in [-0.25, -0.2) is 4.79 Å². The summed E-state index contributed by atoms with van der Waals surface area (Å²) in [6.07, 6.45) is 1.81. The summed E-state index contributed by atoms with van der Waals surface area (Å²) in [4.78, 5) is 28.3. The van der Waals surface area contributed by atoms with Crippen LogP contribution in [0.3, 0.4) is 0 Å². The predicted molar refractivity (Wildman–Crippen MR) is 110 cm³/mol. The molecule has 170 valence electrons. The minimum absolute atomic E-state index is 0.0192. The molecule has 0 spiro atoms. The number of aliphatic hydroxyl groups is 1. The van der Waals surface area contributed by atoms with Crippen LogP contribution in [-0.2, 0) is 27.4 Å². The van der Waals surface area contributed by atoms with Crippen molar-refractivity contribution in [3.05, 3.63) is 11.9 Å². The lowest BCUT2D eigenvalue weighted by Gasteiger charge is -2.35. The Morgan fingerprint density at radius 2 is 2.17 bits per heavy atom. The zero-order valence-electron chi connectivity index (χ0n) is 18.7. The maximum Gasteiger partial charge on any atom is 0.409 e. The normalized spacial score (nSPS) is 22.1. The molecule has 2 bridgehead atoms. The molecule has 1 aromatic rings. The molecular formula is C20H35N5O5. The van der Waals surface area contributed by atoms with Crippen LogP contribution < -0.4 is 0 Å². The molecule has 1 aromatic heterocycles. The number of ether oxygens (including phenoxy) is 2. The van der Waals surface area contributed by atoms with E-state index in [-0.39, 0.29) is 43.3 Å². The largest absolute Gasteiger partial charge is 0.447 e. The second-order valence-electron chi connectivity index (χ2n) is 8.29. The predicted octanol–water partition coefficient (Wildman–Crippen LogP) is 1.28. The minimum atomic E-state index is -0.425. The summed E-state index contributed by atoms with van der Waals surface area (Å²) in [5, 5.41) is 17.9. The van der Waals surface area contributed by atoms with Crippen molar-refractivity contribution < 1.29 is 24.2 Å². The number of likely N-dealkylation sites (N-methyl/N-ethyl adjacent to an activating group) is 1. The van der Waals surface area contributed by atoms with Gasteiger partial charge in [0.2, 0.25) is 5.91 Å². The Morgan fingerprint density at radius 1 is 1.43 bits per heavy atom. The first-order valence-corrected chi connectivity index (χ1v) is 10.5. The van der Waals surface area contributed by atoms with Gasteiger partial charge in [-0.3, -0.25) is 9.48 Å². The van der Waals surface area contributed by atoms with Crippen LogP contribution in [0, 0.1) is 5.92 Å². The van der Waals surface area contributed by atoms with Gasteiger partial charge in [0, 0.05) is 32.5 Å². The molecule has 30 heavy (non-hydrogen) atoms. The molecule has 10 heteroatoms. The van der Waals surface area contributed by atoms with Crippen molar-refractivity contribution in [2.24, 2.45) is 5.92 Å². The maximum atomic E-state index is 12.8. The Balaban J connectivity index is 2.21. The quantitative estimate of drug-likeness (QED) is 0.757. The van der Waals surface area contributed by atoms with Crippen LogP contribution in [0.25, 0.3) is 0 Å². The van der Waals surface area contributed by atoms with Crippen molar-refractivity contribution in [2.45, 2.75) is 71.9 Å². The van der Waals surface area contributed by atoms with Crippen LogP contribution in [0.4, 0.5) is 4.79 Å². The van der Waals surface area contributed by atoms with Gasteiger partial charge in [-0.05, 0) is 27.2 Å². The summed E-state index contributed by atoms with van der Waals surface area (Å²) in [7, 11) is 1.66. The number of nitrogens with zero attached hydrogens (tertiary/aromatic N) is 5. The fourth-order valence-electron chi connectivity index (χ4n) is 3.33. The SMILES string of the molecule is CC(C)OC(=O)N(C)C[C@H]1OCc2cn(nn2)CCCC(=O)N([C@H](C)CO)C[C@H]1C. The molecule has 1 N–H and O–H groups in total. The molecule has 1 aliphatic heterocycles. The smallest absolute Gasteiger partial charge is 0.409 e. The van der Waals surface area contributed by atoms with Gasteiger partial charge in [-0.15, -0.1) is 5.10 Å². The summed E-state index contributed by atoms with van der Waals surface area (Å²) < 4.78 is 13.1. The fourth-order valence-corrected chi connectivity index (χ4v) is 3.33. The number of hydrogen-bond donors (Lipinski definition) is 1. The van der Waals surface area contributed by atoms with E-state index in [2.05, 4.69) is 10.3 Å².